The van der Waals surface area contributed by atoms with Crippen LogP contribution in [-0.4, -0.2) is 5.71 Å². The summed E-state index contributed by atoms with van der Waals surface area (Å²) in [5.74, 6) is 1.14. The van der Waals surface area contributed by atoms with Gasteiger partial charge < -0.3 is 0 Å². The van der Waals surface area contributed by atoms with Gasteiger partial charge in [-0.25, -0.2) is 0 Å². The van der Waals surface area contributed by atoms with Crippen molar-refractivity contribution in [2.45, 2.75) is 52.5 Å². The second-order valence-electron chi connectivity index (χ2n) is 17.0. The monoisotopic (exact) mass is 793 g/mol. The van der Waals surface area contributed by atoms with Gasteiger partial charge in [0.15, 0.2) is 0 Å². The average molecular weight is 794 g/mol. The van der Waals surface area contributed by atoms with Crippen molar-refractivity contribution in [2.75, 3.05) is 0 Å². The number of aliphatic imine (C=N–C) groups is 1. The van der Waals surface area contributed by atoms with Crippen molar-refractivity contribution in [2.24, 2.45) is 22.7 Å². The number of hydrogen-bond acceptors (Lipinski definition) is 1. The van der Waals surface area contributed by atoms with Crippen molar-refractivity contribution in [3.05, 3.63) is 264 Å². The molecule has 0 amide bonds. The van der Waals surface area contributed by atoms with Crippen LogP contribution in [0.25, 0.3) is 22.3 Å². The van der Waals surface area contributed by atoms with E-state index in [1.54, 1.807) is 0 Å². The van der Waals surface area contributed by atoms with E-state index in [-0.39, 0.29) is 12.0 Å². The Kier molecular flexibility index (Phi) is 13.1. The quantitative estimate of drug-likeness (QED) is 0.0525. The van der Waals surface area contributed by atoms with Crippen LogP contribution in [0.15, 0.2) is 224 Å². The fraction of sp³-hybridized carbons (Fsp3) is 0.183. The Hall–Kier alpha value is -6.57. The molecule has 1 aliphatic carbocycles. The van der Waals surface area contributed by atoms with Gasteiger partial charge in [-0.05, 0) is 104 Å². The standard InChI is InChI=1S/C60H59N/c1-10-52(42(5)6)53(37-31-43(7)41(3)4)47-34-32-46(33-35-47)44(8)39-45(9)59(61-58(11-2)48-23-15-12-16-24-48)49-36-38-55-54-29-21-22-30-56(54)60(57(55)40-49,50-25-17-13-18-26-50)51-27-19-14-20-28-51/h10-38,40-42,52,59H,1-2,8-9,39H2,3-7H3/b43-31+,53-37-,61-58?/t52-,59?/m1/s1. The first kappa shape index (κ1) is 42.6. The third-order valence-corrected chi connectivity index (χ3v) is 12.6. The predicted molar refractivity (Wildman–Crippen MR) is 264 cm³/mol. The van der Waals surface area contributed by atoms with Gasteiger partial charge in [0.1, 0.15) is 0 Å². The molecule has 6 aromatic carbocycles. The molecule has 0 aliphatic heterocycles. The molecule has 0 radical (unpaired) electrons. The van der Waals surface area contributed by atoms with Crippen molar-refractivity contribution in [3.63, 3.8) is 0 Å². The second kappa shape index (κ2) is 18.8. The van der Waals surface area contributed by atoms with E-state index >= 15 is 0 Å². The Morgan fingerprint density at radius 3 is 1.74 bits per heavy atom. The van der Waals surface area contributed by atoms with Crippen LogP contribution in [0, 0.1) is 17.8 Å². The highest BCUT2D eigenvalue weighted by Gasteiger charge is 2.46. The summed E-state index contributed by atoms with van der Waals surface area (Å²) in [6, 6.07) is 56.5. The van der Waals surface area contributed by atoms with Crippen molar-refractivity contribution >= 4 is 16.9 Å². The molecule has 0 fully saturated rings. The third kappa shape index (κ3) is 8.57. The van der Waals surface area contributed by atoms with Crippen molar-refractivity contribution in [1.29, 1.82) is 0 Å². The van der Waals surface area contributed by atoms with E-state index in [0.717, 1.165) is 33.5 Å². The number of allylic oxidation sites excluding steroid dienone is 7. The van der Waals surface area contributed by atoms with Crippen LogP contribution in [0.3, 0.4) is 0 Å². The first-order valence-corrected chi connectivity index (χ1v) is 21.7. The van der Waals surface area contributed by atoms with E-state index in [1.807, 2.05) is 24.3 Å². The number of nitrogens with zero attached hydrogens (tertiary/aromatic N) is 1. The van der Waals surface area contributed by atoms with E-state index < -0.39 is 5.41 Å². The summed E-state index contributed by atoms with van der Waals surface area (Å²) in [5.41, 5.74) is 16.7. The summed E-state index contributed by atoms with van der Waals surface area (Å²) >= 11 is 0. The van der Waals surface area contributed by atoms with Crippen LogP contribution in [0.2, 0.25) is 0 Å². The smallest absolute Gasteiger partial charge is 0.0967 e. The zero-order chi connectivity index (χ0) is 43.1. The molecule has 0 bridgehead atoms. The lowest BCUT2D eigenvalue weighted by molar-refractivity contribution is 0.564. The molecule has 0 saturated carbocycles. The zero-order valence-electron chi connectivity index (χ0n) is 36.6. The van der Waals surface area contributed by atoms with Crippen LogP contribution in [0.1, 0.15) is 91.6 Å². The Labute approximate surface area is 365 Å². The Balaban J connectivity index is 1.32. The van der Waals surface area contributed by atoms with Gasteiger partial charge in [0.25, 0.3) is 0 Å². The van der Waals surface area contributed by atoms with E-state index in [0.29, 0.717) is 18.3 Å². The number of rotatable bonds is 16. The van der Waals surface area contributed by atoms with Gasteiger partial charge in [0.05, 0.1) is 17.2 Å². The molecular weight excluding hydrogens is 735 g/mol. The lowest BCUT2D eigenvalue weighted by atomic mass is 9.67. The van der Waals surface area contributed by atoms with Gasteiger partial charge in [0, 0.05) is 5.92 Å². The topological polar surface area (TPSA) is 12.4 Å². The summed E-state index contributed by atoms with van der Waals surface area (Å²) < 4.78 is 0. The van der Waals surface area contributed by atoms with E-state index in [1.165, 1.54) is 50.1 Å². The minimum absolute atomic E-state index is 0.231. The van der Waals surface area contributed by atoms with Crippen molar-refractivity contribution in [3.8, 4) is 11.1 Å². The van der Waals surface area contributed by atoms with Crippen LogP contribution < -0.4 is 0 Å². The number of hydrogen-bond donors (Lipinski definition) is 0. The Bertz CT molecular complexity index is 2570. The second-order valence-corrected chi connectivity index (χ2v) is 17.0. The molecule has 1 heteroatoms. The maximum Gasteiger partial charge on any atom is 0.0967 e. The Morgan fingerprint density at radius 2 is 1.16 bits per heavy atom. The lowest BCUT2D eigenvalue weighted by Gasteiger charge is -2.34. The van der Waals surface area contributed by atoms with Gasteiger partial charge in [-0.1, -0.05) is 229 Å². The van der Waals surface area contributed by atoms with Crippen molar-refractivity contribution < 1.29 is 0 Å². The van der Waals surface area contributed by atoms with Gasteiger partial charge in [0.2, 0.25) is 0 Å². The molecule has 304 valence electrons. The first-order chi connectivity index (χ1) is 29.6. The van der Waals surface area contributed by atoms with Gasteiger partial charge in [-0.3, -0.25) is 4.99 Å². The van der Waals surface area contributed by atoms with Crippen LogP contribution in [-0.2, 0) is 5.41 Å². The molecule has 1 aliphatic rings. The molecule has 1 unspecified atom stereocenters. The summed E-state index contributed by atoms with van der Waals surface area (Å²) in [7, 11) is 0. The molecule has 6 aromatic rings. The molecule has 0 saturated heterocycles. The maximum atomic E-state index is 5.51. The van der Waals surface area contributed by atoms with Crippen LogP contribution in [0.5, 0.6) is 0 Å². The molecule has 0 aromatic heterocycles. The minimum Gasteiger partial charge on any atom is -0.272 e. The molecule has 0 heterocycles. The van der Waals surface area contributed by atoms with Gasteiger partial charge in [-0.15, -0.1) is 6.58 Å². The average Bonchev–Trinajstić information content (AvgIpc) is 3.59. The fourth-order valence-corrected chi connectivity index (χ4v) is 8.97. The molecule has 0 N–H and O–H groups in total. The molecule has 0 spiro atoms. The fourth-order valence-electron chi connectivity index (χ4n) is 8.97. The molecule has 7 rings (SSSR count). The molecule has 2 atom stereocenters. The van der Waals surface area contributed by atoms with Gasteiger partial charge >= 0.3 is 0 Å². The third-order valence-electron chi connectivity index (χ3n) is 12.6. The Morgan fingerprint density at radius 1 is 0.607 bits per heavy atom. The van der Waals surface area contributed by atoms with E-state index in [9.17, 15) is 0 Å². The minimum atomic E-state index is -0.525. The summed E-state index contributed by atoms with van der Waals surface area (Å²) in [6.45, 7) is 29.1. The van der Waals surface area contributed by atoms with Gasteiger partial charge in [-0.2, -0.15) is 0 Å². The summed E-state index contributed by atoms with van der Waals surface area (Å²) in [4.78, 5) is 5.51. The molecular formula is C60H59N. The highest BCUT2D eigenvalue weighted by atomic mass is 14.8. The molecule has 1 nitrogen and oxygen atoms in total. The van der Waals surface area contributed by atoms with Crippen LogP contribution in [0.4, 0.5) is 0 Å². The molecule has 61 heavy (non-hydrogen) atoms. The highest BCUT2D eigenvalue weighted by Crippen LogP contribution is 2.56. The first-order valence-electron chi connectivity index (χ1n) is 21.7. The van der Waals surface area contributed by atoms with E-state index in [4.69, 9.17) is 11.6 Å². The van der Waals surface area contributed by atoms with Crippen molar-refractivity contribution in [1.82, 2.24) is 0 Å². The normalized spacial score (nSPS) is 14.6. The summed E-state index contributed by atoms with van der Waals surface area (Å²) in [5, 5.41) is 0. The number of benzene rings is 6. The largest absolute Gasteiger partial charge is 0.272 e. The lowest BCUT2D eigenvalue weighted by Crippen LogP contribution is -2.28. The highest BCUT2D eigenvalue weighted by molar-refractivity contribution is 6.08. The van der Waals surface area contributed by atoms with Crippen LogP contribution >= 0.6 is 0 Å². The SMILES string of the molecule is C=CC(=NC(C(=C)CC(=C)c1ccc(/C(=C/C=C(\C)C(C)C)[C@H](C=C)C(C)C)cc1)c1ccc2c(c1)C(c1ccccc1)(c1ccccc1)c1ccccc1-2)c1ccccc1. The van der Waals surface area contributed by atoms with E-state index in [2.05, 4.69) is 212 Å². The maximum absolute atomic E-state index is 5.51. The zero-order valence-corrected chi connectivity index (χ0v) is 36.6. The predicted octanol–water partition coefficient (Wildman–Crippen LogP) is 15.9. The number of fused-ring (bicyclic) bond motifs is 3. The summed E-state index contributed by atoms with van der Waals surface area (Å²) in [6.07, 6.45) is 9.08.